The molecule has 4 rings (SSSR count). The Balaban J connectivity index is 1.60. The summed E-state index contributed by atoms with van der Waals surface area (Å²) < 4.78 is 0. The summed E-state index contributed by atoms with van der Waals surface area (Å²) in [4.78, 5) is 12.9. The Labute approximate surface area is 158 Å². The van der Waals surface area contributed by atoms with Gasteiger partial charge in [0.25, 0.3) is 0 Å². The molecule has 0 aliphatic rings. The van der Waals surface area contributed by atoms with E-state index in [9.17, 15) is 4.79 Å². The van der Waals surface area contributed by atoms with Gasteiger partial charge in [-0.15, -0.1) is 0 Å². The highest BCUT2D eigenvalue weighted by molar-refractivity contribution is 5.91. The van der Waals surface area contributed by atoms with Gasteiger partial charge >= 0.3 is 0 Å². The molecule has 4 aromatic carbocycles. The van der Waals surface area contributed by atoms with Gasteiger partial charge in [0.05, 0.1) is 17.8 Å². The van der Waals surface area contributed by atoms with E-state index >= 15 is 0 Å². The molecule has 27 heavy (non-hydrogen) atoms. The molecular formula is C24H20N2O. The maximum atomic E-state index is 12.9. The Morgan fingerprint density at radius 1 is 0.667 bits per heavy atom. The number of amides is 1. The van der Waals surface area contributed by atoms with Gasteiger partial charge in [-0.3, -0.25) is 15.2 Å². The average molecular weight is 352 g/mol. The van der Waals surface area contributed by atoms with Crippen LogP contribution in [0.25, 0.3) is 10.8 Å². The van der Waals surface area contributed by atoms with Gasteiger partial charge in [-0.1, -0.05) is 78.9 Å². The third-order valence-electron chi connectivity index (χ3n) is 4.50. The lowest BCUT2D eigenvalue weighted by atomic mass is 10.0. The Hall–Kier alpha value is -3.59. The summed E-state index contributed by atoms with van der Waals surface area (Å²) in [5, 5.41) is 4.08. The number of fused-ring (bicyclic) bond motifs is 1. The number of carbonyl (C=O) groups is 1. The van der Waals surface area contributed by atoms with Gasteiger partial charge in [-0.05, 0) is 40.6 Å². The van der Waals surface area contributed by atoms with Gasteiger partial charge in [0.1, 0.15) is 0 Å². The molecule has 0 unspecified atom stereocenters. The molecule has 0 aromatic heterocycles. The summed E-state index contributed by atoms with van der Waals surface area (Å²) in [6, 6.07) is 33.9. The zero-order valence-electron chi connectivity index (χ0n) is 14.9. The zero-order valence-corrected chi connectivity index (χ0v) is 14.9. The van der Waals surface area contributed by atoms with Gasteiger partial charge in [-0.2, -0.15) is 0 Å². The fraction of sp³-hybridized carbons (Fsp3) is 0.0417. The fourth-order valence-corrected chi connectivity index (χ4v) is 3.22. The van der Waals surface area contributed by atoms with Gasteiger partial charge in [0, 0.05) is 0 Å². The van der Waals surface area contributed by atoms with Crippen molar-refractivity contribution in [2.45, 2.75) is 6.42 Å². The molecule has 0 atom stereocenters. The number of hydrogen-bond donors (Lipinski definition) is 1. The van der Waals surface area contributed by atoms with Crippen molar-refractivity contribution in [3.63, 3.8) is 0 Å². The normalized spacial score (nSPS) is 10.5. The number of para-hydroxylation sites is 2. The SMILES string of the molecule is O=C(Cc1cccc2ccccc12)NN(c1ccccc1)c1ccccc1. The van der Waals surface area contributed by atoms with Crippen molar-refractivity contribution < 1.29 is 4.79 Å². The Morgan fingerprint density at radius 3 is 1.89 bits per heavy atom. The van der Waals surface area contributed by atoms with Crippen LogP contribution in [-0.2, 0) is 11.2 Å². The molecule has 0 bridgehead atoms. The summed E-state index contributed by atoms with van der Waals surface area (Å²) in [7, 11) is 0. The second kappa shape index (κ2) is 7.75. The Bertz CT molecular complexity index is 1000. The highest BCUT2D eigenvalue weighted by atomic mass is 16.2. The van der Waals surface area contributed by atoms with E-state index in [1.807, 2.05) is 89.9 Å². The Morgan fingerprint density at radius 2 is 1.22 bits per heavy atom. The van der Waals surface area contributed by atoms with E-state index in [0.29, 0.717) is 6.42 Å². The quantitative estimate of drug-likeness (QED) is 0.497. The predicted molar refractivity (Wildman–Crippen MR) is 111 cm³/mol. The minimum atomic E-state index is -0.0564. The van der Waals surface area contributed by atoms with E-state index in [2.05, 4.69) is 23.6 Å². The van der Waals surface area contributed by atoms with Crippen molar-refractivity contribution >= 4 is 28.1 Å². The van der Waals surface area contributed by atoms with Crippen molar-refractivity contribution in [1.82, 2.24) is 5.43 Å². The summed E-state index contributed by atoms with van der Waals surface area (Å²) >= 11 is 0. The predicted octanol–water partition coefficient (Wildman–Crippen LogP) is 5.25. The van der Waals surface area contributed by atoms with Gasteiger partial charge in [0.15, 0.2) is 0 Å². The molecule has 0 heterocycles. The molecule has 0 aliphatic heterocycles. The van der Waals surface area contributed by atoms with E-state index < -0.39 is 0 Å². The van der Waals surface area contributed by atoms with Crippen LogP contribution in [0.1, 0.15) is 5.56 Å². The van der Waals surface area contributed by atoms with Crippen LogP contribution in [0.2, 0.25) is 0 Å². The smallest absolute Gasteiger partial charge is 0.243 e. The molecule has 4 aromatic rings. The molecule has 132 valence electrons. The lowest BCUT2D eigenvalue weighted by Crippen LogP contribution is -2.39. The van der Waals surface area contributed by atoms with Crippen LogP contribution in [0.5, 0.6) is 0 Å². The molecule has 1 amide bonds. The molecule has 3 nitrogen and oxygen atoms in total. The van der Waals surface area contributed by atoms with Crippen molar-refractivity contribution in [2.24, 2.45) is 0 Å². The number of hydrogen-bond acceptors (Lipinski definition) is 2. The van der Waals surface area contributed by atoms with E-state index in [1.165, 1.54) is 0 Å². The van der Waals surface area contributed by atoms with E-state index in [1.54, 1.807) is 0 Å². The molecule has 0 saturated heterocycles. The highest BCUT2D eigenvalue weighted by Crippen LogP contribution is 2.23. The lowest BCUT2D eigenvalue weighted by Gasteiger charge is -2.25. The first-order valence-corrected chi connectivity index (χ1v) is 8.97. The van der Waals surface area contributed by atoms with Gasteiger partial charge in [0.2, 0.25) is 5.91 Å². The van der Waals surface area contributed by atoms with Crippen LogP contribution < -0.4 is 10.4 Å². The number of hydrazine groups is 1. The van der Waals surface area contributed by atoms with Crippen LogP contribution in [0.4, 0.5) is 11.4 Å². The molecule has 0 radical (unpaired) electrons. The number of benzene rings is 4. The van der Waals surface area contributed by atoms with Crippen molar-refractivity contribution in [2.75, 3.05) is 5.01 Å². The van der Waals surface area contributed by atoms with Crippen molar-refractivity contribution in [3.8, 4) is 0 Å². The first-order valence-electron chi connectivity index (χ1n) is 8.97. The topological polar surface area (TPSA) is 32.3 Å². The van der Waals surface area contributed by atoms with E-state index in [4.69, 9.17) is 0 Å². The minimum absolute atomic E-state index is 0.0564. The number of nitrogens with one attached hydrogen (secondary N) is 1. The molecule has 0 spiro atoms. The van der Waals surface area contributed by atoms with Gasteiger partial charge in [-0.25, -0.2) is 0 Å². The molecule has 1 N–H and O–H groups in total. The largest absolute Gasteiger partial charge is 0.273 e. The molecule has 3 heteroatoms. The number of anilines is 2. The van der Waals surface area contributed by atoms with Crippen LogP contribution in [-0.4, -0.2) is 5.91 Å². The zero-order chi connectivity index (χ0) is 18.5. The van der Waals surface area contributed by atoms with Gasteiger partial charge < -0.3 is 0 Å². The monoisotopic (exact) mass is 352 g/mol. The minimum Gasteiger partial charge on any atom is -0.273 e. The molecule has 0 saturated carbocycles. The Kier molecular flexibility index (Phi) is 4.84. The number of nitrogens with zero attached hydrogens (tertiary/aromatic N) is 1. The second-order valence-electron chi connectivity index (χ2n) is 6.36. The molecular weight excluding hydrogens is 332 g/mol. The molecule has 0 fully saturated rings. The standard InChI is InChI=1S/C24H20N2O/c27-24(18-20-12-9-11-19-10-7-8-17-23(19)20)25-26(21-13-3-1-4-14-21)22-15-5-2-6-16-22/h1-17H,18H2,(H,25,27). The first-order chi connectivity index (χ1) is 13.3. The lowest BCUT2D eigenvalue weighted by molar-refractivity contribution is -0.120. The van der Waals surface area contributed by atoms with Crippen molar-refractivity contribution in [1.29, 1.82) is 0 Å². The maximum Gasteiger partial charge on any atom is 0.243 e. The number of rotatable bonds is 5. The number of carbonyl (C=O) groups excluding carboxylic acids is 1. The first kappa shape index (κ1) is 16.9. The summed E-state index contributed by atoms with van der Waals surface area (Å²) in [5.41, 5.74) is 5.90. The van der Waals surface area contributed by atoms with E-state index in [-0.39, 0.29) is 5.91 Å². The average Bonchev–Trinajstić information content (AvgIpc) is 2.73. The van der Waals surface area contributed by atoms with Crippen molar-refractivity contribution in [3.05, 3.63) is 109 Å². The highest BCUT2D eigenvalue weighted by Gasteiger charge is 2.14. The van der Waals surface area contributed by atoms with Crippen LogP contribution >= 0.6 is 0 Å². The molecule has 0 aliphatic carbocycles. The van der Waals surface area contributed by atoms with E-state index in [0.717, 1.165) is 27.7 Å². The van der Waals surface area contributed by atoms with Crippen LogP contribution in [0.15, 0.2) is 103 Å². The summed E-state index contributed by atoms with van der Waals surface area (Å²) in [6.07, 6.45) is 0.317. The third-order valence-corrected chi connectivity index (χ3v) is 4.50. The maximum absolute atomic E-state index is 12.9. The summed E-state index contributed by atoms with van der Waals surface area (Å²) in [6.45, 7) is 0. The third kappa shape index (κ3) is 3.82. The summed E-state index contributed by atoms with van der Waals surface area (Å²) in [5.74, 6) is -0.0564. The fourth-order valence-electron chi connectivity index (χ4n) is 3.22. The second-order valence-corrected chi connectivity index (χ2v) is 6.36. The van der Waals surface area contributed by atoms with Crippen LogP contribution in [0.3, 0.4) is 0 Å². The van der Waals surface area contributed by atoms with Crippen LogP contribution in [0, 0.1) is 0 Å².